The minimum Gasteiger partial charge on any atom is -0.463 e. The Labute approximate surface area is 163 Å². The van der Waals surface area contributed by atoms with Crippen LogP contribution in [0, 0.1) is 0 Å². The molecule has 1 amide bonds. The van der Waals surface area contributed by atoms with Crippen molar-refractivity contribution in [2.45, 2.75) is 66.1 Å². The lowest BCUT2D eigenvalue weighted by molar-refractivity contribution is -0.222. The molecule has 2 unspecified atom stereocenters. The van der Waals surface area contributed by atoms with Crippen molar-refractivity contribution >= 4 is 29.8 Å². The van der Waals surface area contributed by atoms with E-state index in [1.165, 1.54) is 34.6 Å². The lowest BCUT2D eigenvalue weighted by Gasteiger charge is -2.32. The lowest BCUT2D eigenvalue weighted by Crippen LogP contribution is -2.52. The largest absolute Gasteiger partial charge is 0.463 e. The molecule has 160 valence electrons. The molecule has 11 nitrogen and oxygen atoms in total. The second-order valence-corrected chi connectivity index (χ2v) is 5.88. The summed E-state index contributed by atoms with van der Waals surface area (Å²) in [6.07, 6.45) is -3.34. The van der Waals surface area contributed by atoms with Crippen molar-refractivity contribution in [2.24, 2.45) is 0 Å². The van der Waals surface area contributed by atoms with E-state index in [0.29, 0.717) is 0 Å². The molecule has 0 spiro atoms. The van der Waals surface area contributed by atoms with Gasteiger partial charge in [-0.25, -0.2) is 0 Å². The van der Waals surface area contributed by atoms with Gasteiger partial charge in [-0.2, -0.15) is 0 Å². The van der Waals surface area contributed by atoms with Crippen LogP contribution in [0.15, 0.2) is 0 Å². The highest BCUT2D eigenvalue weighted by atomic mass is 16.7. The molecule has 1 N–H and O–H groups in total. The minimum atomic E-state index is -1.42. The molecule has 0 fully saturated rings. The van der Waals surface area contributed by atoms with Gasteiger partial charge >= 0.3 is 23.9 Å². The minimum absolute atomic E-state index is 0.318. The first-order valence-corrected chi connectivity index (χ1v) is 8.46. The molecule has 0 aliphatic heterocycles. The van der Waals surface area contributed by atoms with Crippen LogP contribution in [0.3, 0.4) is 0 Å². The summed E-state index contributed by atoms with van der Waals surface area (Å²) in [4.78, 5) is 56.4. The number of carbonyl (C=O) groups is 5. The van der Waals surface area contributed by atoms with E-state index in [1.54, 1.807) is 0 Å². The van der Waals surface area contributed by atoms with Gasteiger partial charge in [-0.1, -0.05) is 0 Å². The number of ether oxygens (including phenoxy) is 5. The van der Waals surface area contributed by atoms with Crippen molar-refractivity contribution < 1.29 is 47.7 Å². The molecule has 4 atom stereocenters. The highest BCUT2D eigenvalue weighted by Crippen LogP contribution is 2.14. The number of nitrogens with one attached hydrogen (secondary N) is 1. The Bertz CT molecular complexity index is 576. The van der Waals surface area contributed by atoms with Gasteiger partial charge in [0.1, 0.15) is 31.5 Å². The summed E-state index contributed by atoms with van der Waals surface area (Å²) in [5.41, 5.74) is 0. The topological polar surface area (TPSA) is 144 Å². The van der Waals surface area contributed by atoms with Gasteiger partial charge in [-0.3, -0.25) is 24.0 Å². The Morgan fingerprint density at radius 2 is 1.25 bits per heavy atom. The molecule has 0 aromatic rings. The van der Waals surface area contributed by atoms with Crippen LogP contribution in [0.4, 0.5) is 0 Å². The van der Waals surface area contributed by atoms with Crippen LogP contribution in [0.2, 0.25) is 0 Å². The Morgan fingerprint density at radius 3 is 1.68 bits per heavy atom. The highest BCUT2D eigenvalue weighted by molar-refractivity contribution is 5.73. The van der Waals surface area contributed by atoms with E-state index in [0.717, 1.165) is 6.92 Å². The van der Waals surface area contributed by atoms with Crippen LogP contribution >= 0.6 is 0 Å². The lowest BCUT2D eigenvalue weighted by atomic mass is 10.2. The monoisotopic (exact) mass is 405 g/mol. The zero-order valence-corrected chi connectivity index (χ0v) is 16.8. The maximum absolute atomic E-state index is 11.5. The summed E-state index contributed by atoms with van der Waals surface area (Å²) in [5, 5.41) is 2.46. The summed E-state index contributed by atoms with van der Waals surface area (Å²) >= 11 is 0. The summed E-state index contributed by atoms with van der Waals surface area (Å²) in [6, 6.07) is -1.06. The Balaban J connectivity index is 5.55. The maximum Gasteiger partial charge on any atom is 0.305 e. The van der Waals surface area contributed by atoms with Crippen molar-refractivity contribution in [3.63, 3.8) is 0 Å². The van der Waals surface area contributed by atoms with E-state index < -0.39 is 54.3 Å². The van der Waals surface area contributed by atoms with Gasteiger partial charge in [-0.05, 0) is 6.92 Å². The van der Waals surface area contributed by atoms with Crippen molar-refractivity contribution in [3.05, 3.63) is 0 Å². The molecule has 0 saturated heterocycles. The molecule has 0 saturated carbocycles. The third-order valence-electron chi connectivity index (χ3n) is 3.10. The van der Waals surface area contributed by atoms with E-state index in [1.807, 2.05) is 0 Å². The van der Waals surface area contributed by atoms with Crippen LogP contribution in [0.5, 0.6) is 0 Å². The van der Waals surface area contributed by atoms with Crippen LogP contribution in [0.1, 0.15) is 41.5 Å². The molecule has 0 bridgehead atoms. The van der Waals surface area contributed by atoms with E-state index in [2.05, 4.69) is 5.32 Å². The molecule has 0 rings (SSSR count). The van der Waals surface area contributed by atoms with Crippen molar-refractivity contribution in [1.82, 2.24) is 5.32 Å². The Hall–Kier alpha value is -2.69. The Kier molecular flexibility index (Phi) is 11.4. The first-order valence-electron chi connectivity index (χ1n) is 8.46. The number of hydrogen-bond acceptors (Lipinski definition) is 10. The average molecular weight is 405 g/mol. The molecular formula is C17H27NO10. The summed E-state index contributed by atoms with van der Waals surface area (Å²) in [7, 11) is 0. The van der Waals surface area contributed by atoms with Crippen LogP contribution in [-0.2, 0) is 47.7 Å². The molecule has 0 aromatic carbocycles. The average Bonchev–Trinajstić information content (AvgIpc) is 2.52. The Morgan fingerprint density at radius 1 is 0.750 bits per heavy atom. The number of esters is 4. The molecule has 0 radical (unpaired) electrons. The molecule has 11 heteroatoms. The molecule has 0 heterocycles. The normalized spacial score (nSPS) is 14.6. The van der Waals surface area contributed by atoms with Crippen LogP contribution < -0.4 is 5.32 Å². The van der Waals surface area contributed by atoms with Gasteiger partial charge in [0.05, 0.1) is 0 Å². The quantitative estimate of drug-likeness (QED) is 0.280. The van der Waals surface area contributed by atoms with Crippen molar-refractivity contribution in [2.75, 3.05) is 13.2 Å². The summed E-state index contributed by atoms with van der Waals surface area (Å²) in [5.74, 6) is -3.07. The van der Waals surface area contributed by atoms with Gasteiger partial charge in [0.2, 0.25) is 12.2 Å². The summed E-state index contributed by atoms with van der Waals surface area (Å²) in [6.45, 7) is 6.67. The smallest absolute Gasteiger partial charge is 0.305 e. The predicted octanol–water partition coefficient (Wildman–Crippen LogP) is -0.157. The first-order chi connectivity index (χ1) is 12.9. The summed E-state index contributed by atoms with van der Waals surface area (Å²) < 4.78 is 25.6. The molecule has 0 aliphatic carbocycles. The number of carbonyl (C=O) groups excluding carboxylic acids is 5. The second kappa shape index (κ2) is 12.7. The van der Waals surface area contributed by atoms with Gasteiger partial charge in [0.15, 0.2) is 0 Å². The highest BCUT2D eigenvalue weighted by Gasteiger charge is 2.33. The van der Waals surface area contributed by atoms with E-state index >= 15 is 0 Å². The third kappa shape index (κ3) is 11.8. The van der Waals surface area contributed by atoms with E-state index in [9.17, 15) is 24.0 Å². The number of amides is 1. The van der Waals surface area contributed by atoms with Gasteiger partial charge in [-0.15, -0.1) is 0 Å². The zero-order valence-electron chi connectivity index (χ0n) is 16.8. The standard InChI is InChI=1S/C17H27NO10/c1-9(26-13(5)22)16(8-25-12(4)21)28-17(27-14(6)23)15(18-10(2)19)7-24-11(3)20/h9,15-17H,7-8H2,1-6H3,(H,18,19)/t9-,15-,16?,17?/m0/s1. The maximum atomic E-state index is 11.5. The van der Waals surface area contributed by atoms with Gasteiger partial charge in [0.25, 0.3) is 0 Å². The van der Waals surface area contributed by atoms with Crippen molar-refractivity contribution in [1.29, 1.82) is 0 Å². The predicted molar refractivity (Wildman–Crippen MR) is 92.5 cm³/mol. The fourth-order valence-corrected chi connectivity index (χ4v) is 2.02. The SMILES string of the molecule is CC(=O)N[C@@H](COC(C)=O)C(OC(C)=O)OC(COC(C)=O)[C@H](C)OC(C)=O. The zero-order chi connectivity index (χ0) is 21.9. The first kappa shape index (κ1) is 25.3. The fourth-order valence-electron chi connectivity index (χ4n) is 2.02. The van der Waals surface area contributed by atoms with E-state index in [-0.39, 0.29) is 13.2 Å². The van der Waals surface area contributed by atoms with Crippen LogP contribution in [-0.4, -0.2) is 67.5 Å². The molecular weight excluding hydrogens is 378 g/mol. The van der Waals surface area contributed by atoms with Gasteiger partial charge < -0.3 is 29.0 Å². The van der Waals surface area contributed by atoms with Gasteiger partial charge in [0, 0.05) is 34.6 Å². The van der Waals surface area contributed by atoms with Crippen molar-refractivity contribution in [3.8, 4) is 0 Å². The molecule has 0 aromatic heterocycles. The third-order valence-corrected chi connectivity index (χ3v) is 3.10. The fraction of sp³-hybridized carbons (Fsp3) is 0.706. The van der Waals surface area contributed by atoms with Crippen LogP contribution in [0.25, 0.3) is 0 Å². The number of hydrogen-bond donors (Lipinski definition) is 1. The number of rotatable bonds is 11. The molecule has 0 aliphatic rings. The second-order valence-electron chi connectivity index (χ2n) is 5.88. The van der Waals surface area contributed by atoms with E-state index in [4.69, 9.17) is 23.7 Å². The molecule has 28 heavy (non-hydrogen) atoms.